The Bertz CT molecular complexity index is 747. The van der Waals surface area contributed by atoms with Gasteiger partial charge in [-0.1, -0.05) is 6.42 Å². The summed E-state index contributed by atoms with van der Waals surface area (Å²) in [6.45, 7) is 1.26. The highest BCUT2D eigenvalue weighted by Crippen LogP contribution is 2.26. The number of carbonyl (C=O) groups is 5. The van der Waals surface area contributed by atoms with Crippen molar-refractivity contribution in [3.63, 3.8) is 0 Å². The van der Waals surface area contributed by atoms with E-state index in [0.29, 0.717) is 51.7 Å². The van der Waals surface area contributed by atoms with Crippen LogP contribution in [-0.2, 0) is 24.0 Å². The highest BCUT2D eigenvalue weighted by molar-refractivity contribution is 5.94. The summed E-state index contributed by atoms with van der Waals surface area (Å²) in [5.41, 5.74) is 11.5. The van der Waals surface area contributed by atoms with Gasteiger partial charge in [-0.2, -0.15) is 0 Å². The average Bonchev–Trinajstić information content (AvgIpc) is 3.45. The predicted octanol–water partition coefficient (Wildman–Crippen LogP) is -1.14. The van der Waals surface area contributed by atoms with Crippen LogP contribution >= 0.6 is 0 Å². The molecule has 12 nitrogen and oxygen atoms in total. The lowest BCUT2D eigenvalue weighted by atomic mass is 10.1. The van der Waals surface area contributed by atoms with Gasteiger partial charge in [0.2, 0.25) is 17.7 Å². The van der Waals surface area contributed by atoms with Gasteiger partial charge in [0.1, 0.15) is 18.1 Å². The molecule has 0 bridgehead atoms. The number of rotatable bonds is 12. The van der Waals surface area contributed by atoms with Crippen molar-refractivity contribution in [2.45, 2.75) is 82.0 Å². The lowest BCUT2D eigenvalue weighted by Gasteiger charge is -2.32. The number of likely N-dealkylation sites (tertiary alicyclic amines) is 2. The third-order valence-electron chi connectivity index (χ3n) is 6.21. The van der Waals surface area contributed by atoms with Gasteiger partial charge in [-0.05, 0) is 51.5 Å². The van der Waals surface area contributed by atoms with Gasteiger partial charge in [-0.3, -0.25) is 19.2 Å². The van der Waals surface area contributed by atoms with Crippen molar-refractivity contribution in [2.75, 3.05) is 19.6 Å². The molecular formula is C21H35N5O7. The Morgan fingerprint density at radius 1 is 0.939 bits per heavy atom. The van der Waals surface area contributed by atoms with E-state index in [2.05, 4.69) is 5.32 Å². The summed E-state index contributed by atoms with van der Waals surface area (Å²) in [5, 5.41) is 20.5. The molecule has 2 rings (SSSR count). The predicted molar refractivity (Wildman–Crippen MR) is 117 cm³/mol. The van der Waals surface area contributed by atoms with E-state index in [9.17, 15) is 29.1 Å². The van der Waals surface area contributed by atoms with Crippen molar-refractivity contribution in [2.24, 2.45) is 11.5 Å². The minimum Gasteiger partial charge on any atom is -0.481 e. The van der Waals surface area contributed by atoms with Crippen LogP contribution in [0.3, 0.4) is 0 Å². The normalized spacial score (nSPS) is 22.1. The first-order chi connectivity index (χ1) is 15.7. The first-order valence-electron chi connectivity index (χ1n) is 11.5. The van der Waals surface area contributed by atoms with E-state index >= 15 is 0 Å². The number of hydrogen-bond acceptors (Lipinski definition) is 7. The molecule has 3 amide bonds. The summed E-state index contributed by atoms with van der Waals surface area (Å²) in [6, 6.07) is -3.64. The molecular weight excluding hydrogens is 434 g/mol. The highest BCUT2D eigenvalue weighted by atomic mass is 16.4. The van der Waals surface area contributed by atoms with Crippen LogP contribution in [-0.4, -0.2) is 93.5 Å². The molecule has 0 aromatic heterocycles. The van der Waals surface area contributed by atoms with E-state index in [4.69, 9.17) is 16.6 Å². The zero-order valence-corrected chi connectivity index (χ0v) is 18.8. The van der Waals surface area contributed by atoms with Gasteiger partial charge in [-0.15, -0.1) is 0 Å². The van der Waals surface area contributed by atoms with Crippen LogP contribution in [0.5, 0.6) is 0 Å². The molecule has 2 aliphatic heterocycles. The topological polar surface area (TPSA) is 196 Å². The summed E-state index contributed by atoms with van der Waals surface area (Å²) in [4.78, 5) is 64.0. The van der Waals surface area contributed by atoms with Crippen molar-refractivity contribution in [3.8, 4) is 0 Å². The van der Waals surface area contributed by atoms with Crippen molar-refractivity contribution >= 4 is 29.7 Å². The third kappa shape index (κ3) is 7.13. The second-order valence-corrected chi connectivity index (χ2v) is 8.60. The molecule has 2 fully saturated rings. The summed E-state index contributed by atoms with van der Waals surface area (Å²) < 4.78 is 0. The fourth-order valence-electron chi connectivity index (χ4n) is 4.42. The molecule has 0 radical (unpaired) electrons. The number of aliphatic carboxylic acids is 2. The molecule has 33 heavy (non-hydrogen) atoms. The van der Waals surface area contributed by atoms with Crippen LogP contribution in [0.15, 0.2) is 0 Å². The summed E-state index contributed by atoms with van der Waals surface area (Å²) in [7, 11) is 0. The Kier molecular flexibility index (Phi) is 10.0. The van der Waals surface area contributed by atoms with Crippen LogP contribution in [0, 0.1) is 0 Å². The molecule has 0 aromatic carbocycles. The molecule has 2 aliphatic rings. The molecule has 4 atom stereocenters. The first-order valence-corrected chi connectivity index (χ1v) is 11.5. The minimum atomic E-state index is -1.36. The zero-order valence-electron chi connectivity index (χ0n) is 18.8. The van der Waals surface area contributed by atoms with E-state index in [1.807, 2.05) is 0 Å². The van der Waals surface area contributed by atoms with Crippen molar-refractivity contribution in [1.29, 1.82) is 0 Å². The molecule has 2 heterocycles. The smallest absolute Gasteiger partial charge is 0.326 e. The summed E-state index contributed by atoms with van der Waals surface area (Å²) in [6.07, 6.45) is 3.35. The molecule has 7 N–H and O–H groups in total. The van der Waals surface area contributed by atoms with Gasteiger partial charge < -0.3 is 36.8 Å². The molecule has 0 aromatic rings. The zero-order chi connectivity index (χ0) is 24.5. The van der Waals surface area contributed by atoms with Gasteiger partial charge >= 0.3 is 11.9 Å². The largest absolute Gasteiger partial charge is 0.481 e. The maximum absolute atomic E-state index is 13.3. The first kappa shape index (κ1) is 26.5. The molecule has 4 unspecified atom stereocenters. The maximum Gasteiger partial charge on any atom is 0.326 e. The number of unbranched alkanes of at least 4 members (excludes halogenated alkanes) is 1. The van der Waals surface area contributed by atoms with Crippen molar-refractivity contribution in [3.05, 3.63) is 0 Å². The molecule has 0 aliphatic carbocycles. The SMILES string of the molecule is NCCCCC(N)C(=O)N1CCCC1C(=O)N1CCCC1C(=O)NC(CCC(=O)O)C(=O)O. The third-order valence-corrected chi connectivity index (χ3v) is 6.21. The lowest BCUT2D eigenvalue weighted by Crippen LogP contribution is -2.56. The molecule has 186 valence electrons. The van der Waals surface area contributed by atoms with Gasteiger partial charge in [0, 0.05) is 19.5 Å². The molecule has 12 heteroatoms. The number of hydrogen-bond donors (Lipinski definition) is 5. The average molecular weight is 470 g/mol. The summed E-state index contributed by atoms with van der Waals surface area (Å²) >= 11 is 0. The summed E-state index contributed by atoms with van der Waals surface area (Å²) in [5.74, 6) is -3.77. The van der Waals surface area contributed by atoms with E-state index in [0.717, 1.165) is 12.8 Å². The monoisotopic (exact) mass is 469 g/mol. The maximum atomic E-state index is 13.3. The van der Waals surface area contributed by atoms with Gasteiger partial charge in [-0.25, -0.2) is 4.79 Å². The Hall–Kier alpha value is -2.73. The second-order valence-electron chi connectivity index (χ2n) is 8.60. The number of nitrogens with zero attached hydrogens (tertiary/aromatic N) is 2. The van der Waals surface area contributed by atoms with Crippen LogP contribution < -0.4 is 16.8 Å². The van der Waals surface area contributed by atoms with Gasteiger partial charge in [0.25, 0.3) is 0 Å². The Labute approximate surface area is 192 Å². The fraction of sp³-hybridized carbons (Fsp3) is 0.762. The van der Waals surface area contributed by atoms with Crippen molar-refractivity contribution < 1.29 is 34.2 Å². The van der Waals surface area contributed by atoms with Crippen LogP contribution in [0.1, 0.15) is 57.8 Å². The van der Waals surface area contributed by atoms with Gasteiger partial charge in [0.05, 0.1) is 6.04 Å². The second kappa shape index (κ2) is 12.5. The van der Waals surface area contributed by atoms with E-state index in [-0.39, 0.29) is 18.2 Å². The van der Waals surface area contributed by atoms with Crippen LogP contribution in [0.25, 0.3) is 0 Å². The standard InChI is InChI=1S/C21H35N5O7/c22-10-2-1-5-13(23)19(30)26-12-4-7-16(26)20(31)25-11-3-6-15(25)18(29)24-14(21(32)33)8-9-17(27)28/h13-16H,1-12,22-23H2,(H,24,29)(H,27,28)(H,32,33). The number of nitrogens with one attached hydrogen (secondary N) is 1. The number of carbonyl (C=O) groups excluding carboxylic acids is 3. The Balaban J connectivity index is 2.03. The molecule has 2 saturated heterocycles. The van der Waals surface area contributed by atoms with Crippen molar-refractivity contribution in [1.82, 2.24) is 15.1 Å². The van der Waals surface area contributed by atoms with E-state index in [1.165, 1.54) is 9.80 Å². The Morgan fingerprint density at radius 3 is 2.18 bits per heavy atom. The number of amides is 3. The fourth-order valence-corrected chi connectivity index (χ4v) is 4.42. The van der Waals surface area contributed by atoms with E-state index < -0.39 is 48.4 Å². The lowest BCUT2D eigenvalue weighted by molar-refractivity contribution is -0.148. The Morgan fingerprint density at radius 2 is 1.58 bits per heavy atom. The quantitative estimate of drug-likeness (QED) is 0.219. The number of carboxylic acids is 2. The van der Waals surface area contributed by atoms with Crippen LogP contribution in [0.4, 0.5) is 0 Å². The van der Waals surface area contributed by atoms with Gasteiger partial charge in [0.15, 0.2) is 0 Å². The highest BCUT2D eigenvalue weighted by Gasteiger charge is 2.43. The number of carboxylic acid groups (broad SMARTS) is 2. The number of nitrogens with two attached hydrogens (primary N) is 2. The van der Waals surface area contributed by atoms with E-state index in [1.54, 1.807) is 0 Å². The molecule has 0 saturated carbocycles. The molecule has 0 spiro atoms. The minimum absolute atomic E-state index is 0.260. The van der Waals surface area contributed by atoms with Crippen LogP contribution in [0.2, 0.25) is 0 Å².